The van der Waals surface area contributed by atoms with Crippen molar-refractivity contribution >= 4 is 22.9 Å². The van der Waals surface area contributed by atoms with Crippen LogP contribution in [0, 0.1) is 5.92 Å². The summed E-state index contributed by atoms with van der Waals surface area (Å²) in [5.74, 6) is 0.808. The van der Waals surface area contributed by atoms with Gasteiger partial charge < -0.3 is 14.4 Å². The number of anilines is 1. The third-order valence-electron chi connectivity index (χ3n) is 4.49. The van der Waals surface area contributed by atoms with Crippen LogP contribution in [0.25, 0.3) is 10.9 Å². The second-order valence-corrected chi connectivity index (χ2v) is 7.48. The number of allylic oxidation sites excluding steroid dienone is 1. The molecule has 0 spiro atoms. The molecule has 164 valence electrons. The Morgan fingerprint density at radius 2 is 2.07 bits per heavy atom. The van der Waals surface area contributed by atoms with Crippen molar-refractivity contribution in [2.24, 2.45) is 10.9 Å². The molecule has 1 atom stereocenters. The van der Waals surface area contributed by atoms with E-state index in [0.29, 0.717) is 25.3 Å². The van der Waals surface area contributed by atoms with E-state index in [4.69, 9.17) is 9.47 Å². The van der Waals surface area contributed by atoms with E-state index >= 15 is 0 Å². The summed E-state index contributed by atoms with van der Waals surface area (Å²) in [7, 11) is 0. The zero-order chi connectivity index (χ0) is 21.7. The molecule has 3 heterocycles. The summed E-state index contributed by atoms with van der Waals surface area (Å²) in [4.78, 5) is 10.8. The van der Waals surface area contributed by atoms with Gasteiger partial charge in [0.25, 0.3) is 0 Å². The summed E-state index contributed by atoms with van der Waals surface area (Å²) < 4.78 is 49.3. The molecule has 0 N–H and O–H groups in total. The molecule has 2 aromatic rings. The zero-order valence-electron chi connectivity index (χ0n) is 17.3. The van der Waals surface area contributed by atoms with Gasteiger partial charge in [-0.3, -0.25) is 4.68 Å². The lowest BCUT2D eigenvalue weighted by Crippen LogP contribution is -2.36. The third kappa shape index (κ3) is 5.94. The maximum Gasteiger partial charge on any atom is 0.422 e. The topological polar surface area (TPSA) is 64.8 Å². The molecule has 3 rings (SSSR count). The van der Waals surface area contributed by atoms with E-state index in [1.807, 2.05) is 23.9 Å². The minimum Gasteiger partial charge on any atom is -0.468 e. The van der Waals surface area contributed by atoms with Crippen LogP contribution in [-0.4, -0.2) is 60.1 Å². The number of fused-ring (bicyclic) bond motifs is 1. The number of aliphatic imine (C=N–C) groups is 1. The van der Waals surface area contributed by atoms with E-state index < -0.39 is 12.8 Å². The van der Waals surface area contributed by atoms with Crippen LogP contribution >= 0.6 is 0 Å². The van der Waals surface area contributed by atoms with Crippen LogP contribution in [-0.2, 0) is 16.0 Å². The Hall–Kier alpha value is -2.62. The maximum atomic E-state index is 12.4. The second-order valence-electron chi connectivity index (χ2n) is 7.48. The number of ether oxygens (including phenoxy) is 2. The van der Waals surface area contributed by atoms with Crippen molar-refractivity contribution in [2.45, 2.75) is 33.5 Å². The van der Waals surface area contributed by atoms with E-state index in [2.05, 4.69) is 20.0 Å². The summed E-state index contributed by atoms with van der Waals surface area (Å²) in [6, 6.07) is 1.86. The Kier molecular flexibility index (Phi) is 6.96. The molecular formula is C20H26F3N5O2. The maximum absolute atomic E-state index is 12.4. The van der Waals surface area contributed by atoms with Gasteiger partial charge in [0.05, 0.1) is 24.1 Å². The van der Waals surface area contributed by atoms with Gasteiger partial charge in [0.2, 0.25) is 5.88 Å². The molecule has 2 aromatic heterocycles. The van der Waals surface area contributed by atoms with Gasteiger partial charge in [-0.15, -0.1) is 0 Å². The number of nitrogens with zero attached hydrogens (tertiary/aromatic N) is 5. The fraction of sp³-hybridized carbons (Fsp3) is 0.550. The van der Waals surface area contributed by atoms with Gasteiger partial charge in [-0.25, -0.2) is 9.98 Å². The third-order valence-corrected chi connectivity index (χ3v) is 4.49. The van der Waals surface area contributed by atoms with Crippen molar-refractivity contribution in [3.63, 3.8) is 0 Å². The highest BCUT2D eigenvalue weighted by atomic mass is 19.4. The van der Waals surface area contributed by atoms with Gasteiger partial charge in [0, 0.05) is 44.2 Å². The number of hydrogen-bond donors (Lipinski definition) is 0. The number of morpholine rings is 1. The molecule has 30 heavy (non-hydrogen) atoms. The first-order chi connectivity index (χ1) is 14.2. The van der Waals surface area contributed by atoms with Crippen LogP contribution < -0.4 is 4.90 Å². The molecule has 10 heteroatoms. The predicted molar refractivity (Wildman–Crippen MR) is 109 cm³/mol. The molecule has 0 amide bonds. The minimum absolute atomic E-state index is 0.0106. The number of rotatable bonds is 7. The number of alkyl halides is 3. The predicted octanol–water partition coefficient (Wildman–Crippen LogP) is 3.81. The average Bonchev–Trinajstić information content (AvgIpc) is 3.09. The van der Waals surface area contributed by atoms with Crippen LogP contribution in [0.5, 0.6) is 0 Å². The quantitative estimate of drug-likeness (QED) is 0.499. The summed E-state index contributed by atoms with van der Waals surface area (Å²) >= 11 is 0. The molecule has 0 radical (unpaired) electrons. The fourth-order valence-corrected chi connectivity index (χ4v) is 3.10. The van der Waals surface area contributed by atoms with E-state index in [1.54, 1.807) is 26.3 Å². The highest BCUT2D eigenvalue weighted by molar-refractivity contribution is 5.89. The monoisotopic (exact) mass is 425 g/mol. The van der Waals surface area contributed by atoms with Gasteiger partial charge in [0.1, 0.15) is 5.82 Å². The first-order valence-electron chi connectivity index (χ1n) is 9.79. The Morgan fingerprint density at radius 3 is 2.73 bits per heavy atom. The highest BCUT2D eigenvalue weighted by Gasteiger charge is 2.29. The smallest absolute Gasteiger partial charge is 0.422 e. The Morgan fingerprint density at radius 1 is 1.33 bits per heavy atom. The molecule has 7 nitrogen and oxygen atoms in total. The van der Waals surface area contributed by atoms with Crippen molar-refractivity contribution in [3.05, 3.63) is 29.9 Å². The largest absolute Gasteiger partial charge is 0.468 e. The highest BCUT2D eigenvalue weighted by Crippen LogP contribution is 2.24. The molecule has 0 unspecified atom stereocenters. The summed E-state index contributed by atoms with van der Waals surface area (Å²) in [6.45, 7) is 7.31. The molecule has 1 aliphatic rings. The number of pyridine rings is 1. The van der Waals surface area contributed by atoms with E-state index in [9.17, 15) is 13.2 Å². The van der Waals surface area contributed by atoms with Gasteiger partial charge in [-0.05, 0) is 25.5 Å². The van der Waals surface area contributed by atoms with Crippen molar-refractivity contribution in [3.8, 4) is 0 Å². The van der Waals surface area contributed by atoms with Crippen LogP contribution in [0.15, 0.2) is 34.9 Å². The Labute approximate surface area is 173 Å². The van der Waals surface area contributed by atoms with Crippen LogP contribution in [0.1, 0.15) is 20.8 Å². The lowest BCUT2D eigenvalue weighted by Gasteiger charge is -2.28. The van der Waals surface area contributed by atoms with Crippen molar-refractivity contribution < 1.29 is 22.6 Å². The average molecular weight is 425 g/mol. The van der Waals surface area contributed by atoms with Crippen LogP contribution in [0.3, 0.4) is 0 Å². The zero-order valence-corrected chi connectivity index (χ0v) is 17.3. The number of hydrogen-bond acceptors (Lipinski definition) is 6. The molecule has 1 aliphatic heterocycles. The van der Waals surface area contributed by atoms with Gasteiger partial charge in [-0.2, -0.15) is 18.3 Å². The molecule has 0 aliphatic carbocycles. The molecule has 1 saturated heterocycles. The molecule has 0 aromatic carbocycles. The van der Waals surface area contributed by atoms with Gasteiger partial charge in [-0.1, -0.05) is 6.92 Å². The standard InChI is InChI=1S/C20H26F3N5O2/c1-14(2)19(30-13-20(21,22)23)25-10-15(3)11-28-12-16-17(26-28)4-5-24-18(16)27-6-8-29-9-7-27/h4-5,10,12,15H,6-9,11,13H2,1-3H3/t15-/m1/s1. The summed E-state index contributed by atoms with van der Waals surface area (Å²) in [5.41, 5.74) is 1.42. The fourth-order valence-electron chi connectivity index (χ4n) is 3.10. The molecule has 0 saturated carbocycles. The lowest BCUT2D eigenvalue weighted by molar-refractivity contribution is -0.165. The number of aromatic nitrogens is 3. The van der Waals surface area contributed by atoms with Gasteiger partial charge >= 0.3 is 6.18 Å². The van der Waals surface area contributed by atoms with Crippen LogP contribution in [0.2, 0.25) is 0 Å². The molecule has 0 bridgehead atoms. The Balaban J connectivity index is 1.69. The van der Waals surface area contributed by atoms with Crippen molar-refractivity contribution in [1.82, 2.24) is 14.8 Å². The minimum atomic E-state index is -4.40. The van der Waals surface area contributed by atoms with E-state index in [0.717, 1.165) is 29.8 Å². The number of halogens is 3. The molecule has 1 fully saturated rings. The normalized spacial score (nSPS) is 16.3. The van der Waals surface area contributed by atoms with E-state index in [1.165, 1.54) is 0 Å². The first kappa shape index (κ1) is 22.1. The van der Waals surface area contributed by atoms with Crippen molar-refractivity contribution in [2.75, 3.05) is 37.8 Å². The SMILES string of the molecule is CC(C)=C(N=C[C@@H](C)Cn1cc2c(N3CCOCC3)nccc2n1)OCC(F)(F)F. The van der Waals surface area contributed by atoms with Crippen LogP contribution in [0.4, 0.5) is 19.0 Å². The van der Waals surface area contributed by atoms with Gasteiger partial charge in [0.15, 0.2) is 6.61 Å². The first-order valence-corrected chi connectivity index (χ1v) is 9.79. The van der Waals surface area contributed by atoms with Crippen molar-refractivity contribution in [1.29, 1.82) is 0 Å². The molecular weight excluding hydrogens is 399 g/mol. The summed E-state index contributed by atoms with van der Waals surface area (Å²) in [6.07, 6.45) is 0.878. The lowest BCUT2D eigenvalue weighted by atomic mass is 10.2. The van der Waals surface area contributed by atoms with E-state index in [-0.39, 0.29) is 11.8 Å². The Bertz CT molecular complexity index is 913. The second kappa shape index (κ2) is 9.46. The summed E-state index contributed by atoms with van der Waals surface area (Å²) in [5, 5.41) is 5.56.